The Morgan fingerprint density at radius 1 is 0.700 bits per heavy atom. The quantitative estimate of drug-likeness (QED) is 0.430. The first-order valence-corrected chi connectivity index (χ1v) is 8.75. The molecule has 4 aromatic rings. The van der Waals surface area contributed by atoms with Crippen LogP contribution in [0.1, 0.15) is 0 Å². The molecule has 0 amide bonds. The second-order valence-electron chi connectivity index (χ2n) is 6.40. The molecule has 0 fully saturated rings. The molecule has 8 heteroatoms. The minimum absolute atomic E-state index is 0.0802. The number of phenolic OH excluding ortho intramolecular Hbond substituents is 2. The van der Waals surface area contributed by atoms with Crippen LogP contribution in [0.15, 0.2) is 77.3 Å². The monoisotopic (exact) mass is 413 g/mol. The molecule has 0 bridgehead atoms. The van der Waals surface area contributed by atoms with Gasteiger partial charge in [0.15, 0.2) is 5.76 Å². The van der Waals surface area contributed by atoms with Crippen molar-refractivity contribution in [1.82, 2.24) is 5.16 Å². The van der Waals surface area contributed by atoms with Crippen molar-refractivity contribution in [3.05, 3.63) is 72.8 Å². The number of aromatic nitrogens is 1. The van der Waals surface area contributed by atoms with Gasteiger partial charge in [-0.25, -0.2) is 0 Å². The highest BCUT2D eigenvalue weighted by Gasteiger charge is 2.31. The van der Waals surface area contributed by atoms with Crippen LogP contribution in [-0.4, -0.2) is 21.7 Å². The molecular weight excluding hydrogens is 399 g/mol. The average molecular weight is 413 g/mol. The van der Waals surface area contributed by atoms with Crippen LogP contribution in [0.4, 0.5) is 13.2 Å². The lowest BCUT2D eigenvalue weighted by Crippen LogP contribution is -2.16. The van der Waals surface area contributed by atoms with E-state index in [0.717, 1.165) is 0 Å². The Labute approximate surface area is 168 Å². The molecule has 5 nitrogen and oxygen atoms in total. The van der Waals surface area contributed by atoms with Crippen LogP contribution >= 0.6 is 0 Å². The maximum Gasteiger partial charge on any atom is 0.573 e. The fourth-order valence-electron chi connectivity index (χ4n) is 3.01. The lowest BCUT2D eigenvalue weighted by Gasteiger charge is -2.09. The van der Waals surface area contributed by atoms with Gasteiger partial charge in [-0.15, -0.1) is 13.2 Å². The van der Waals surface area contributed by atoms with Crippen LogP contribution in [0.25, 0.3) is 33.7 Å². The van der Waals surface area contributed by atoms with Gasteiger partial charge in [0.1, 0.15) is 22.9 Å². The average Bonchev–Trinajstić information content (AvgIpc) is 3.13. The molecule has 0 aliphatic carbocycles. The minimum atomic E-state index is -4.78. The summed E-state index contributed by atoms with van der Waals surface area (Å²) >= 11 is 0. The van der Waals surface area contributed by atoms with Crippen molar-refractivity contribution >= 4 is 0 Å². The zero-order chi connectivity index (χ0) is 21.3. The number of aromatic hydroxyl groups is 2. The van der Waals surface area contributed by atoms with E-state index in [4.69, 9.17) is 4.52 Å². The molecule has 152 valence electrons. The van der Waals surface area contributed by atoms with E-state index in [1.54, 1.807) is 24.3 Å². The Balaban J connectivity index is 1.82. The van der Waals surface area contributed by atoms with Gasteiger partial charge in [0.25, 0.3) is 0 Å². The number of phenols is 2. The highest BCUT2D eigenvalue weighted by molar-refractivity contribution is 5.90. The van der Waals surface area contributed by atoms with Gasteiger partial charge in [0, 0.05) is 11.1 Å². The number of hydrogen-bond acceptors (Lipinski definition) is 5. The van der Waals surface area contributed by atoms with Crippen LogP contribution in [0, 0.1) is 0 Å². The number of rotatable bonds is 4. The van der Waals surface area contributed by atoms with E-state index in [1.807, 2.05) is 0 Å². The summed E-state index contributed by atoms with van der Waals surface area (Å²) in [6.45, 7) is 0. The molecule has 3 aromatic carbocycles. The van der Waals surface area contributed by atoms with E-state index in [9.17, 15) is 23.4 Å². The van der Waals surface area contributed by atoms with Crippen LogP contribution in [-0.2, 0) is 0 Å². The molecule has 0 saturated heterocycles. The fraction of sp³-hybridized carbons (Fsp3) is 0.0455. The van der Waals surface area contributed by atoms with E-state index in [1.165, 1.54) is 48.5 Å². The van der Waals surface area contributed by atoms with Crippen molar-refractivity contribution < 1.29 is 32.6 Å². The molecule has 30 heavy (non-hydrogen) atoms. The molecule has 0 aliphatic rings. The summed E-state index contributed by atoms with van der Waals surface area (Å²) in [6.07, 6.45) is -4.78. The lowest BCUT2D eigenvalue weighted by molar-refractivity contribution is -0.274. The number of nitrogens with zero attached hydrogens (tertiary/aromatic N) is 1. The van der Waals surface area contributed by atoms with Gasteiger partial charge in [0.2, 0.25) is 0 Å². The van der Waals surface area contributed by atoms with E-state index >= 15 is 0 Å². The number of ether oxygens (including phenoxy) is 1. The normalized spacial score (nSPS) is 11.4. The van der Waals surface area contributed by atoms with Crippen LogP contribution in [0.3, 0.4) is 0 Å². The number of halogens is 3. The van der Waals surface area contributed by atoms with Crippen molar-refractivity contribution in [2.75, 3.05) is 0 Å². The summed E-state index contributed by atoms with van der Waals surface area (Å²) in [4.78, 5) is 0. The number of hydrogen-bond donors (Lipinski definition) is 2. The van der Waals surface area contributed by atoms with Gasteiger partial charge < -0.3 is 19.5 Å². The van der Waals surface area contributed by atoms with Gasteiger partial charge in [-0.1, -0.05) is 17.3 Å². The van der Waals surface area contributed by atoms with Crippen molar-refractivity contribution in [3.8, 4) is 51.0 Å². The second kappa shape index (κ2) is 7.47. The number of benzene rings is 3. The van der Waals surface area contributed by atoms with Gasteiger partial charge in [-0.2, -0.15) is 0 Å². The van der Waals surface area contributed by atoms with Gasteiger partial charge in [-0.05, 0) is 66.2 Å². The van der Waals surface area contributed by atoms with Crippen molar-refractivity contribution in [1.29, 1.82) is 0 Å². The lowest BCUT2D eigenvalue weighted by atomic mass is 9.96. The number of alkyl halides is 3. The Bertz CT molecular complexity index is 1150. The molecule has 0 aliphatic heterocycles. The summed E-state index contributed by atoms with van der Waals surface area (Å²) in [7, 11) is 0. The summed E-state index contributed by atoms with van der Waals surface area (Å²) < 4.78 is 46.7. The Morgan fingerprint density at radius 3 is 1.73 bits per heavy atom. The Kier molecular flexibility index (Phi) is 4.83. The third-order valence-electron chi connectivity index (χ3n) is 4.34. The molecule has 0 radical (unpaired) electrons. The first-order chi connectivity index (χ1) is 14.3. The molecule has 0 atom stereocenters. The third kappa shape index (κ3) is 4.07. The first kappa shape index (κ1) is 19.4. The molecule has 1 aromatic heterocycles. The van der Waals surface area contributed by atoms with Gasteiger partial charge >= 0.3 is 6.36 Å². The summed E-state index contributed by atoms with van der Waals surface area (Å²) in [6, 6.07) is 18.0. The largest absolute Gasteiger partial charge is 0.573 e. The maximum absolute atomic E-state index is 12.4. The highest BCUT2D eigenvalue weighted by atomic mass is 19.4. The second-order valence-corrected chi connectivity index (χ2v) is 6.40. The standard InChI is InChI=1S/C22H14F3NO4/c23-22(24,25)29-18-11-5-15(6-12-18)21-19(13-1-7-16(27)8-2-13)20(26-30-21)14-3-9-17(28)10-4-14/h1-12,27-28H. The highest BCUT2D eigenvalue weighted by Crippen LogP contribution is 2.41. The van der Waals surface area contributed by atoms with Crippen LogP contribution in [0.2, 0.25) is 0 Å². The summed E-state index contributed by atoms with van der Waals surface area (Å²) in [5.74, 6) is 0.156. The van der Waals surface area contributed by atoms with Gasteiger partial charge in [0.05, 0.1) is 5.56 Å². The predicted molar refractivity (Wildman–Crippen MR) is 103 cm³/mol. The molecule has 1 heterocycles. The Morgan fingerprint density at radius 2 is 1.20 bits per heavy atom. The summed E-state index contributed by atoms with van der Waals surface area (Å²) in [5.41, 5.74) is 2.91. The maximum atomic E-state index is 12.4. The SMILES string of the molecule is Oc1ccc(-c2noc(-c3ccc(OC(F)(F)F)cc3)c2-c2ccc(O)cc2)cc1. The Hall–Kier alpha value is -3.94. The fourth-order valence-corrected chi connectivity index (χ4v) is 3.01. The van der Waals surface area contributed by atoms with E-state index < -0.39 is 6.36 Å². The van der Waals surface area contributed by atoms with Crippen molar-refractivity contribution in [3.63, 3.8) is 0 Å². The molecular formula is C22H14F3NO4. The smallest absolute Gasteiger partial charge is 0.508 e. The topological polar surface area (TPSA) is 75.7 Å². The van der Waals surface area contributed by atoms with Crippen LogP contribution in [0.5, 0.6) is 17.2 Å². The molecule has 0 saturated carbocycles. The van der Waals surface area contributed by atoms with Crippen molar-refractivity contribution in [2.24, 2.45) is 0 Å². The van der Waals surface area contributed by atoms with Crippen LogP contribution < -0.4 is 4.74 Å². The zero-order valence-corrected chi connectivity index (χ0v) is 15.2. The minimum Gasteiger partial charge on any atom is -0.508 e. The molecule has 2 N–H and O–H groups in total. The summed E-state index contributed by atoms with van der Waals surface area (Å²) in [5, 5.41) is 23.3. The zero-order valence-electron chi connectivity index (χ0n) is 15.2. The first-order valence-electron chi connectivity index (χ1n) is 8.75. The third-order valence-corrected chi connectivity index (χ3v) is 4.34. The predicted octanol–water partition coefficient (Wildman–Crippen LogP) is 5.99. The molecule has 0 unspecified atom stereocenters. The van der Waals surface area contributed by atoms with Gasteiger partial charge in [-0.3, -0.25) is 0 Å². The van der Waals surface area contributed by atoms with E-state index in [2.05, 4.69) is 9.89 Å². The van der Waals surface area contributed by atoms with Crippen molar-refractivity contribution in [2.45, 2.75) is 6.36 Å². The van der Waals surface area contributed by atoms with E-state index in [0.29, 0.717) is 33.7 Å². The molecule has 4 rings (SSSR count). The van der Waals surface area contributed by atoms with E-state index in [-0.39, 0.29) is 17.2 Å². The molecule has 0 spiro atoms.